The summed E-state index contributed by atoms with van der Waals surface area (Å²) >= 11 is 0. The first-order valence-electron chi connectivity index (χ1n) is 10.6. The maximum absolute atomic E-state index is 13.0. The van der Waals surface area contributed by atoms with Crippen molar-refractivity contribution in [2.75, 3.05) is 6.54 Å². The number of hydrogen-bond acceptors (Lipinski definition) is 4. The minimum atomic E-state index is 0.0106. The molecule has 1 N–H and O–H groups in total. The van der Waals surface area contributed by atoms with E-state index in [1.54, 1.807) is 0 Å². The van der Waals surface area contributed by atoms with Crippen LogP contribution in [-0.4, -0.2) is 38.2 Å². The molecule has 0 radical (unpaired) electrons. The summed E-state index contributed by atoms with van der Waals surface area (Å²) in [6.07, 6.45) is 9.23. The van der Waals surface area contributed by atoms with E-state index in [9.17, 15) is 4.79 Å². The van der Waals surface area contributed by atoms with Gasteiger partial charge in [-0.15, -0.1) is 0 Å². The molecule has 2 aromatic heterocycles. The standard InChI is InChI=1S/C22H31N5O/c1-16(2)13-27-20-9-12-26(14-17-7-10-23-11-8-17)15-19(20)21(25-27)22(28)24-18-5-3-4-6-18/h7-8,10-11,16,18H,3-6,9,12-15H2,1-2H3,(H,24,28). The molecule has 0 spiro atoms. The molecule has 1 aliphatic carbocycles. The number of amides is 1. The quantitative estimate of drug-likeness (QED) is 0.835. The molecule has 0 aromatic carbocycles. The fourth-order valence-corrected chi connectivity index (χ4v) is 4.43. The molecule has 28 heavy (non-hydrogen) atoms. The molecule has 6 heteroatoms. The molecule has 2 aliphatic rings. The number of carbonyl (C=O) groups excluding carboxylic acids is 1. The molecule has 2 aromatic rings. The van der Waals surface area contributed by atoms with Crippen LogP contribution in [0.5, 0.6) is 0 Å². The van der Waals surface area contributed by atoms with Crippen molar-refractivity contribution < 1.29 is 4.79 Å². The normalized spacial score (nSPS) is 17.8. The number of nitrogens with zero attached hydrogens (tertiary/aromatic N) is 4. The van der Waals surface area contributed by atoms with Crippen molar-refractivity contribution in [2.45, 2.75) is 71.6 Å². The molecule has 0 saturated heterocycles. The number of hydrogen-bond donors (Lipinski definition) is 1. The molecule has 0 bridgehead atoms. The highest BCUT2D eigenvalue weighted by Gasteiger charge is 2.29. The molecule has 6 nitrogen and oxygen atoms in total. The van der Waals surface area contributed by atoms with Gasteiger partial charge in [-0.3, -0.25) is 19.4 Å². The van der Waals surface area contributed by atoms with E-state index in [1.807, 2.05) is 12.4 Å². The average Bonchev–Trinajstić information content (AvgIpc) is 3.30. The van der Waals surface area contributed by atoms with Crippen LogP contribution in [0.3, 0.4) is 0 Å². The Morgan fingerprint density at radius 1 is 1.25 bits per heavy atom. The number of carbonyl (C=O) groups is 1. The first-order chi connectivity index (χ1) is 13.6. The van der Waals surface area contributed by atoms with E-state index in [1.165, 1.54) is 24.1 Å². The first-order valence-corrected chi connectivity index (χ1v) is 10.6. The topological polar surface area (TPSA) is 63.1 Å². The van der Waals surface area contributed by atoms with Crippen molar-refractivity contribution >= 4 is 5.91 Å². The van der Waals surface area contributed by atoms with Gasteiger partial charge < -0.3 is 5.32 Å². The zero-order valence-corrected chi connectivity index (χ0v) is 17.0. The van der Waals surface area contributed by atoms with Gasteiger partial charge in [0.15, 0.2) is 5.69 Å². The Morgan fingerprint density at radius 3 is 2.71 bits per heavy atom. The summed E-state index contributed by atoms with van der Waals surface area (Å²) in [5.74, 6) is 0.515. The Balaban J connectivity index is 1.56. The van der Waals surface area contributed by atoms with Gasteiger partial charge in [0, 0.05) is 62.3 Å². The summed E-state index contributed by atoms with van der Waals surface area (Å²) in [6.45, 7) is 7.91. The van der Waals surface area contributed by atoms with Crippen molar-refractivity contribution in [1.82, 2.24) is 25.0 Å². The predicted octanol–water partition coefficient (Wildman–Crippen LogP) is 3.16. The monoisotopic (exact) mass is 381 g/mol. The molecule has 1 amide bonds. The summed E-state index contributed by atoms with van der Waals surface area (Å²) in [4.78, 5) is 19.5. The Morgan fingerprint density at radius 2 is 2.00 bits per heavy atom. The van der Waals surface area contributed by atoms with Crippen LogP contribution in [-0.2, 0) is 26.1 Å². The molecular formula is C22H31N5O. The van der Waals surface area contributed by atoms with E-state index in [0.29, 0.717) is 17.7 Å². The van der Waals surface area contributed by atoms with E-state index in [0.717, 1.165) is 51.0 Å². The zero-order chi connectivity index (χ0) is 19.5. The van der Waals surface area contributed by atoms with Crippen LogP contribution >= 0.6 is 0 Å². The smallest absolute Gasteiger partial charge is 0.272 e. The highest BCUT2D eigenvalue weighted by Crippen LogP contribution is 2.26. The van der Waals surface area contributed by atoms with E-state index >= 15 is 0 Å². The molecule has 0 unspecified atom stereocenters. The van der Waals surface area contributed by atoms with E-state index in [-0.39, 0.29) is 5.91 Å². The van der Waals surface area contributed by atoms with Crippen LogP contribution < -0.4 is 5.32 Å². The van der Waals surface area contributed by atoms with Crippen LogP contribution in [0.15, 0.2) is 24.5 Å². The fraction of sp³-hybridized carbons (Fsp3) is 0.591. The lowest BCUT2D eigenvalue weighted by Crippen LogP contribution is -2.35. The number of aromatic nitrogens is 3. The van der Waals surface area contributed by atoms with Crippen molar-refractivity contribution in [3.63, 3.8) is 0 Å². The Labute approximate surface area is 167 Å². The second-order valence-electron chi connectivity index (χ2n) is 8.62. The van der Waals surface area contributed by atoms with Gasteiger partial charge in [-0.1, -0.05) is 26.7 Å². The second kappa shape index (κ2) is 8.43. The van der Waals surface area contributed by atoms with Crippen molar-refractivity contribution in [3.8, 4) is 0 Å². The van der Waals surface area contributed by atoms with Crippen LogP contribution in [0, 0.1) is 5.92 Å². The number of fused-ring (bicyclic) bond motifs is 1. The summed E-state index contributed by atoms with van der Waals surface area (Å²) in [6, 6.07) is 4.44. The maximum atomic E-state index is 13.0. The highest BCUT2D eigenvalue weighted by molar-refractivity contribution is 5.94. The van der Waals surface area contributed by atoms with Crippen molar-refractivity contribution in [2.24, 2.45) is 5.92 Å². The third-order valence-electron chi connectivity index (χ3n) is 5.81. The summed E-state index contributed by atoms with van der Waals surface area (Å²) in [7, 11) is 0. The van der Waals surface area contributed by atoms with Gasteiger partial charge in [-0.05, 0) is 36.5 Å². The van der Waals surface area contributed by atoms with E-state index < -0.39 is 0 Å². The van der Waals surface area contributed by atoms with E-state index in [2.05, 4.69) is 45.9 Å². The van der Waals surface area contributed by atoms with Gasteiger partial charge in [-0.25, -0.2) is 0 Å². The molecule has 1 saturated carbocycles. The Kier molecular flexibility index (Phi) is 5.76. The highest BCUT2D eigenvalue weighted by atomic mass is 16.2. The summed E-state index contributed by atoms with van der Waals surface area (Å²) < 4.78 is 2.09. The van der Waals surface area contributed by atoms with Crippen LogP contribution in [0.2, 0.25) is 0 Å². The minimum absolute atomic E-state index is 0.0106. The maximum Gasteiger partial charge on any atom is 0.272 e. The number of rotatable bonds is 6. The molecule has 1 aliphatic heterocycles. The van der Waals surface area contributed by atoms with Gasteiger partial charge in [0.2, 0.25) is 0 Å². The molecule has 1 fully saturated rings. The number of pyridine rings is 1. The summed E-state index contributed by atoms with van der Waals surface area (Å²) in [5, 5.41) is 8.02. The van der Waals surface area contributed by atoms with Gasteiger partial charge >= 0.3 is 0 Å². The molecule has 150 valence electrons. The van der Waals surface area contributed by atoms with Crippen LogP contribution in [0.25, 0.3) is 0 Å². The second-order valence-corrected chi connectivity index (χ2v) is 8.62. The minimum Gasteiger partial charge on any atom is -0.348 e. The Bertz CT molecular complexity index is 808. The predicted molar refractivity (Wildman–Crippen MR) is 109 cm³/mol. The molecule has 3 heterocycles. The van der Waals surface area contributed by atoms with Gasteiger partial charge in [0.25, 0.3) is 5.91 Å². The van der Waals surface area contributed by atoms with Crippen LogP contribution in [0.1, 0.15) is 66.8 Å². The Hall–Kier alpha value is -2.21. The third-order valence-corrected chi connectivity index (χ3v) is 5.81. The fourth-order valence-electron chi connectivity index (χ4n) is 4.43. The zero-order valence-electron chi connectivity index (χ0n) is 17.0. The molecular weight excluding hydrogens is 350 g/mol. The van der Waals surface area contributed by atoms with E-state index in [4.69, 9.17) is 5.10 Å². The molecule has 0 atom stereocenters. The lowest BCUT2D eigenvalue weighted by Gasteiger charge is -2.28. The lowest BCUT2D eigenvalue weighted by molar-refractivity contribution is 0.0929. The van der Waals surface area contributed by atoms with Crippen molar-refractivity contribution in [1.29, 1.82) is 0 Å². The molecule has 4 rings (SSSR count). The van der Waals surface area contributed by atoms with Gasteiger partial charge in [-0.2, -0.15) is 5.10 Å². The van der Waals surface area contributed by atoms with Gasteiger partial charge in [0.1, 0.15) is 0 Å². The first kappa shape index (κ1) is 19.1. The SMILES string of the molecule is CC(C)Cn1nc(C(=O)NC2CCCC2)c2c1CCN(Cc1ccncc1)C2. The lowest BCUT2D eigenvalue weighted by atomic mass is 10.0. The number of nitrogens with one attached hydrogen (secondary N) is 1. The largest absolute Gasteiger partial charge is 0.348 e. The van der Waals surface area contributed by atoms with Crippen LogP contribution in [0.4, 0.5) is 0 Å². The average molecular weight is 382 g/mol. The van der Waals surface area contributed by atoms with Gasteiger partial charge in [0.05, 0.1) is 0 Å². The summed E-state index contributed by atoms with van der Waals surface area (Å²) in [5.41, 5.74) is 4.26. The van der Waals surface area contributed by atoms with Crippen molar-refractivity contribution in [3.05, 3.63) is 47.0 Å². The third kappa shape index (κ3) is 4.27.